The lowest BCUT2D eigenvalue weighted by atomic mass is 9.97. The summed E-state index contributed by atoms with van der Waals surface area (Å²) < 4.78 is 1.27. The maximum Gasteiger partial charge on any atom is 0.275 e. The van der Waals surface area contributed by atoms with Gasteiger partial charge in [0.05, 0.1) is 28.3 Å². The van der Waals surface area contributed by atoms with E-state index in [2.05, 4.69) is 52.7 Å². The van der Waals surface area contributed by atoms with Crippen molar-refractivity contribution in [2.45, 2.75) is 25.3 Å². The first kappa shape index (κ1) is 19.9. The lowest BCUT2D eigenvalue weighted by Crippen LogP contribution is -3.14. The van der Waals surface area contributed by atoms with E-state index in [1.807, 2.05) is 31.5 Å². The van der Waals surface area contributed by atoms with Gasteiger partial charge in [0.2, 0.25) is 0 Å². The topological polar surface area (TPSA) is 49.7 Å². The van der Waals surface area contributed by atoms with E-state index in [0.717, 1.165) is 37.0 Å². The van der Waals surface area contributed by atoms with Gasteiger partial charge >= 0.3 is 0 Å². The Morgan fingerprint density at radius 1 is 1.14 bits per heavy atom. The molecule has 5 nitrogen and oxygen atoms in total. The number of carbonyl (C=O) groups is 1. The highest BCUT2D eigenvalue weighted by Crippen LogP contribution is 2.31. The predicted octanol–water partition coefficient (Wildman–Crippen LogP) is 2.44. The first-order chi connectivity index (χ1) is 14.1. The average molecular weight is 410 g/mol. The summed E-state index contributed by atoms with van der Waals surface area (Å²) in [5.41, 5.74) is 3.41. The third-order valence-electron chi connectivity index (χ3n) is 5.71. The number of rotatable bonds is 6. The van der Waals surface area contributed by atoms with Crippen molar-refractivity contribution in [3.05, 3.63) is 59.1 Å². The molecule has 1 aliphatic rings. The highest BCUT2D eigenvalue weighted by Gasteiger charge is 2.27. The number of hydrogen-bond acceptors (Lipinski definition) is 4. The molecule has 1 fully saturated rings. The molecule has 4 rings (SSSR count). The van der Waals surface area contributed by atoms with Gasteiger partial charge in [0, 0.05) is 45.1 Å². The second kappa shape index (κ2) is 8.93. The monoisotopic (exact) mass is 409 g/mol. The molecule has 0 aliphatic carbocycles. The van der Waals surface area contributed by atoms with Crippen LogP contribution >= 0.6 is 11.3 Å². The first-order valence-electron chi connectivity index (χ1n) is 10.3. The van der Waals surface area contributed by atoms with Gasteiger partial charge in [-0.3, -0.25) is 4.79 Å². The molecule has 29 heavy (non-hydrogen) atoms. The summed E-state index contributed by atoms with van der Waals surface area (Å²) in [6.45, 7) is 3.22. The molecule has 3 aromatic rings. The molecular weight excluding hydrogens is 380 g/mol. The molecule has 2 heterocycles. The zero-order valence-corrected chi connectivity index (χ0v) is 18.0. The molecule has 0 spiro atoms. The van der Waals surface area contributed by atoms with Crippen LogP contribution in [0.4, 0.5) is 5.69 Å². The quantitative estimate of drug-likeness (QED) is 0.658. The number of fused-ring (bicyclic) bond motifs is 1. The lowest BCUT2D eigenvalue weighted by Gasteiger charge is -2.27. The highest BCUT2D eigenvalue weighted by atomic mass is 32.1. The van der Waals surface area contributed by atoms with Gasteiger partial charge in [-0.15, -0.1) is 11.3 Å². The normalized spacial score (nSPS) is 19.2. The van der Waals surface area contributed by atoms with Crippen LogP contribution < -0.4 is 15.1 Å². The van der Waals surface area contributed by atoms with E-state index in [9.17, 15) is 4.79 Å². The zero-order chi connectivity index (χ0) is 20.2. The van der Waals surface area contributed by atoms with Gasteiger partial charge in [0.15, 0.2) is 6.54 Å². The van der Waals surface area contributed by atoms with Crippen molar-refractivity contribution < 1.29 is 9.69 Å². The van der Waals surface area contributed by atoms with Crippen molar-refractivity contribution >= 4 is 33.1 Å². The smallest absolute Gasteiger partial charge is 0.275 e. The van der Waals surface area contributed by atoms with E-state index in [0.29, 0.717) is 19.0 Å². The van der Waals surface area contributed by atoms with Crippen molar-refractivity contribution in [3.63, 3.8) is 0 Å². The molecule has 1 saturated heterocycles. The Morgan fingerprint density at radius 3 is 2.55 bits per heavy atom. The van der Waals surface area contributed by atoms with Crippen LogP contribution in [0.1, 0.15) is 29.3 Å². The summed E-state index contributed by atoms with van der Waals surface area (Å²) in [7, 11) is 4.05. The number of quaternary nitrogens is 1. The van der Waals surface area contributed by atoms with Crippen molar-refractivity contribution in [2.75, 3.05) is 38.6 Å². The largest absolute Gasteiger partial charge is 0.378 e. The first-order valence-corrected chi connectivity index (χ1v) is 11.1. The number of likely N-dealkylation sites (tertiary alicyclic amines) is 1. The molecular formula is C23H29N4OS+. The molecule has 0 bridgehead atoms. The molecule has 1 aromatic heterocycles. The van der Waals surface area contributed by atoms with Gasteiger partial charge in [-0.25, -0.2) is 4.98 Å². The number of amides is 1. The molecule has 1 amide bonds. The van der Waals surface area contributed by atoms with Crippen molar-refractivity contribution in [1.82, 2.24) is 10.3 Å². The maximum absolute atomic E-state index is 12.4. The maximum atomic E-state index is 12.4. The SMILES string of the molecule is CN(C)c1ccc(CNC(=O)C[NH+]2CCC(c3nc4ccccc4s3)CC2)cc1. The van der Waals surface area contributed by atoms with Crippen LogP contribution in [0.5, 0.6) is 0 Å². The third-order valence-corrected chi connectivity index (χ3v) is 6.90. The van der Waals surface area contributed by atoms with Crippen molar-refractivity contribution in [2.24, 2.45) is 0 Å². The fourth-order valence-electron chi connectivity index (χ4n) is 3.92. The summed E-state index contributed by atoms with van der Waals surface area (Å²) in [6.07, 6.45) is 2.21. The van der Waals surface area contributed by atoms with Gasteiger partial charge in [0.25, 0.3) is 5.91 Å². The van der Waals surface area contributed by atoms with Crippen LogP contribution in [0.25, 0.3) is 10.2 Å². The van der Waals surface area contributed by atoms with Crippen LogP contribution in [0, 0.1) is 0 Å². The van der Waals surface area contributed by atoms with E-state index >= 15 is 0 Å². The van der Waals surface area contributed by atoms with Crippen molar-refractivity contribution in [1.29, 1.82) is 0 Å². The number of thiazole rings is 1. The molecule has 6 heteroatoms. The second-order valence-corrected chi connectivity index (χ2v) is 9.12. The Hall–Kier alpha value is -2.44. The number of para-hydroxylation sites is 1. The molecule has 1 aliphatic heterocycles. The minimum absolute atomic E-state index is 0.134. The van der Waals surface area contributed by atoms with Crippen LogP contribution in [0.3, 0.4) is 0 Å². The Labute approximate surface area is 176 Å². The molecule has 2 aromatic carbocycles. The molecule has 0 saturated carbocycles. The number of hydrogen-bond donors (Lipinski definition) is 2. The van der Waals surface area contributed by atoms with E-state index < -0.39 is 0 Å². The van der Waals surface area contributed by atoms with Gasteiger partial charge in [-0.05, 0) is 29.8 Å². The standard InChI is InChI=1S/C23H28N4OS/c1-26(2)19-9-7-17(8-10-19)15-24-22(28)16-27-13-11-18(12-14-27)23-25-20-5-3-4-6-21(20)29-23/h3-10,18H,11-16H2,1-2H3,(H,24,28)/p+1. The van der Waals surface area contributed by atoms with E-state index in [4.69, 9.17) is 4.98 Å². The second-order valence-electron chi connectivity index (χ2n) is 8.06. The third kappa shape index (κ3) is 4.95. The molecule has 0 atom stereocenters. The average Bonchev–Trinajstić information content (AvgIpc) is 3.17. The predicted molar refractivity (Wildman–Crippen MR) is 120 cm³/mol. The molecule has 0 unspecified atom stereocenters. The number of aromatic nitrogens is 1. The molecule has 0 radical (unpaired) electrons. The summed E-state index contributed by atoms with van der Waals surface area (Å²) in [4.78, 5) is 20.7. The Balaban J connectivity index is 1.23. The molecule has 152 valence electrons. The molecule has 2 N–H and O–H groups in total. The number of nitrogens with one attached hydrogen (secondary N) is 2. The van der Waals surface area contributed by atoms with Crippen LogP contribution in [0.15, 0.2) is 48.5 Å². The van der Waals surface area contributed by atoms with E-state index in [-0.39, 0.29) is 5.91 Å². The summed E-state index contributed by atoms with van der Waals surface area (Å²) in [5, 5.41) is 4.33. The van der Waals surface area contributed by atoms with Crippen LogP contribution in [0.2, 0.25) is 0 Å². The summed E-state index contributed by atoms with van der Waals surface area (Å²) >= 11 is 1.82. The van der Waals surface area contributed by atoms with Gasteiger partial charge < -0.3 is 15.1 Å². The number of carbonyl (C=O) groups excluding carboxylic acids is 1. The zero-order valence-electron chi connectivity index (χ0n) is 17.1. The minimum Gasteiger partial charge on any atom is -0.378 e. The number of benzene rings is 2. The summed E-state index contributed by atoms with van der Waals surface area (Å²) in [6, 6.07) is 16.7. The van der Waals surface area contributed by atoms with E-state index in [1.54, 1.807) is 0 Å². The lowest BCUT2D eigenvalue weighted by molar-refractivity contribution is -0.897. The fraction of sp³-hybridized carbons (Fsp3) is 0.391. The Bertz CT molecular complexity index is 925. The highest BCUT2D eigenvalue weighted by molar-refractivity contribution is 7.18. The summed E-state index contributed by atoms with van der Waals surface area (Å²) in [5.74, 6) is 0.671. The van der Waals surface area contributed by atoms with Gasteiger partial charge in [-0.1, -0.05) is 24.3 Å². The van der Waals surface area contributed by atoms with Crippen molar-refractivity contribution in [3.8, 4) is 0 Å². The van der Waals surface area contributed by atoms with Gasteiger partial charge in [-0.2, -0.15) is 0 Å². The number of nitrogens with zero attached hydrogens (tertiary/aromatic N) is 2. The van der Waals surface area contributed by atoms with E-state index in [1.165, 1.54) is 20.3 Å². The van der Waals surface area contributed by atoms with Gasteiger partial charge in [0.1, 0.15) is 0 Å². The Kier molecular flexibility index (Phi) is 6.11. The van der Waals surface area contributed by atoms with Crippen LogP contribution in [-0.2, 0) is 11.3 Å². The minimum atomic E-state index is 0.134. The Morgan fingerprint density at radius 2 is 1.86 bits per heavy atom. The number of piperidine rings is 1. The van der Waals surface area contributed by atoms with Crippen LogP contribution in [-0.4, -0.2) is 44.6 Å². The fourth-order valence-corrected chi connectivity index (χ4v) is 5.05. The number of anilines is 1.